The molecule has 0 aliphatic heterocycles. The Morgan fingerprint density at radius 1 is 0.950 bits per heavy atom. The number of rotatable bonds is 3. The van der Waals surface area contributed by atoms with Gasteiger partial charge in [0.05, 0.1) is 0 Å². The van der Waals surface area contributed by atoms with Crippen LogP contribution in [-0.4, -0.2) is 15.5 Å². The van der Waals surface area contributed by atoms with Gasteiger partial charge in [0.25, 0.3) is 0 Å². The summed E-state index contributed by atoms with van der Waals surface area (Å²) in [6, 6.07) is 10.2. The number of hydrogen-bond acceptors (Lipinski definition) is 4. The monoisotopic (exact) mass is 270 g/mol. The van der Waals surface area contributed by atoms with Gasteiger partial charge in [-0.15, -0.1) is 0 Å². The number of nitrogens with zero attached hydrogens (tertiary/aromatic N) is 2. The Balaban J connectivity index is 2.21. The first-order valence-electron chi connectivity index (χ1n) is 6.79. The fourth-order valence-electron chi connectivity index (χ4n) is 1.81. The molecule has 20 heavy (non-hydrogen) atoms. The van der Waals surface area contributed by atoms with Crippen molar-refractivity contribution in [2.45, 2.75) is 40.2 Å². The molecule has 0 saturated heterocycles. The highest BCUT2D eigenvalue weighted by atomic mass is 15.2. The van der Waals surface area contributed by atoms with E-state index in [0.29, 0.717) is 5.95 Å². The first kappa shape index (κ1) is 14.3. The van der Waals surface area contributed by atoms with Gasteiger partial charge in [0.2, 0.25) is 5.95 Å². The van der Waals surface area contributed by atoms with E-state index < -0.39 is 0 Å². The third-order valence-corrected chi connectivity index (χ3v) is 2.66. The van der Waals surface area contributed by atoms with Crippen LogP contribution in [0.5, 0.6) is 0 Å². The molecule has 4 heteroatoms. The second kappa shape index (κ2) is 5.49. The molecule has 0 radical (unpaired) electrons. The van der Waals surface area contributed by atoms with Gasteiger partial charge in [0.1, 0.15) is 5.82 Å². The average Bonchev–Trinajstić information content (AvgIpc) is 2.29. The molecular weight excluding hydrogens is 248 g/mol. The summed E-state index contributed by atoms with van der Waals surface area (Å²) in [7, 11) is 0. The maximum atomic E-state index is 4.50. The molecule has 2 N–H and O–H groups in total. The highest BCUT2D eigenvalue weighted by molar-refractivity contribution is 5.58. The van der Waals surface area contributed by atoms with Crippen molar-refractivity contribution in [1.29, 1.82) is 0 Å². The summed E-state index contributed by atoms with van der Waals surface area (Å²) in [4.78, 5) is 8.92. The molecular formula is C16H22N4. The molecule has 0 spiro atoms. The van der Waals surface area contributed by atoms with Gasteiger partial charge in [-0.25, -0.2) is 4.98 Å². The SMILES string of the molecule is Cc1ccc(Nc2cc(C)nc(NC(C)(C)C)n2)cc1. The van der Waals surface area contributed by atoms with Crippen molar-refractivity contribution in [2.75, 3.05) is 10.6 Å². The van der Waals surface area contributed by atoms with Crippen molar-refractivity contribution >= 4 is 17.5 Å². The van der Waals surface area contributed by atoms with Crippen molar-refractivity contribution in [1.82, 2.24) is 9.97 Å². The van der Waals surface area contributed by atoms with E-state index in [9.17, 15) is 0 Å². The summed E-state index contributed by atoms with van der Waals surface area (Å²) < 4.78 is 0. The van der Waals surface area contributed by atoms with Crippen LogP contribution in [0.4, 0.5) is 17.5 Å². The van der Waals surface area contributed by atoms with Gasteiger partial charge in [0.15, 0.2) is 0 Å². The average molecular weight is 270 g/mol. The molecule has 0 amide bonds. The second-order valence-corrected chi connectivity index (χ2v) is 6.08. The van der Waals surface area contributed by atoms with Crippen LogP contribution < -0.4 is 10.6 Å². The molecule has 0 fully saturated rings. The molecule has 1 aromatic carbocycles. The Bertz CT molecular complexity index is 582. The number of benzene rings is 1. The fraction of sp³-hybridized carbons (Fsp3) is 0.375. The maximum Gasteiger partial charge on any atom is 0.225 e. The zero-order valence-corrected chi connectivity index (χ0v) is 12.8. The lowest BCUT2D eigenvalue weighted by molar-refractivity contribution is 0.625. The van der Waals surface area contributed by atoms with Crippen LogP contribution in [0.1, 0.15) is 32.0 Å². The summed E-state index contributed by atoms with van der Waals surface area (Å²) >= 11 is 0. The van der Waals surface area contributed by atoms with E-state index in [-0.39, 0.29) is 5.54 Å². The number of anilines is 3. The van der Waals surface area contributed by atoms with Gasteiger partial charge < -0.3 is 10.6 Å². The van der Waals surface area contributed by atoms with Crippen molar-refractivity contribution in [3.05, 3.63) is 41.6 Å². The number of aromatic nitrogens is 2. The largest absolute Gasteiger partial charge is 0.350 e. The van der Waals surface area contributed by atoms with E-state index in [0.717, 1.165) is 17.2 Å². The van der Waals surface area contributed by atoms with Crippen LogP contribution in [-0.2, 0) is 0 Å². The summed E-state index contributed by atoms with van der Waals surface area (Å²) in [6.45, 7) is 10.3. The first-order valence-corrected chi connectivity index (χ1v) is 6.79. The Morgan fingerprint density at radius 2 is 1.60 bits per heavy atom. The molecule has 1 aromatic heterocycles. The van der Waals surface area contributed by atoms with E-state index in [4.69, 9.17) is 0 Å². The Labute approximate surface area is 120 Å². The molecule has 2 rings (SSSR count). The number of aryl methyl sites for hydroxylation is 2. The number of hydrogen-bond donors (Lipinski definition) is 2. The maximum absolute atomic E-state index is 4.50. The highest BCUT2D eigenvalue weighted by Gasteiger charge is 2.12. The van der Waals surface area contributed by atoms with Gasteiger partial charge in [-0.3, -0.25) is 0 Å². The number of nitrogens with one attached hydrogen (secondary N) is 2. The van der Waals surface area contributed by atoms with E-state index in [1.807, 2.05) is 25.1 Å². The molecule has 0 aliphatic rings. The van der Waals surface area contributed by atoms with Gasteiger partial charge in [-0.2, -0.15) is 4.98 Å². The third-order valence-electron chi connectivity index (χ3n) is 2.66. The minimum Gasteiger partial charge on any atom is -0.350 e. The summed E-state index contributed by atoms with van der Waals surface area (Å²) in [6.07, 6.45) is 0. The predicted octanol–water partition coefficient (Wildman–Crippen LogP) is 4.05. The molecule has 4 nitrogen and oxygen atoms in total. The normalized spacial score (nSPS) is 11.2. The lowest BCUT2D eigenvalue weighted by Crippen LogP contribution is -2.27. The van der Waals surface area contributed by atoms with Crippen molar-refractivity contribution in [3.63, 3.8) is 0 Å². The molecule has 0 bridgehead atoms. The Kier molecular flexibility index (Phi) is 3.93. The van der Waals surface area contributed by atoms with E-state index in [1.165, 1.54) is 5.56 Å². The molecule has 0 aliphatic carbocycles. The summed E-state index contributed by atoms with van der Waals surface area (Å²) in [5, 5.41) is 6.60. The molecule has 0 saturated carbocycles. The van der Waals surface area contributed by atoms with Gasteiger partial charge in [0, 0.05) is 23.0 Å². The Morgan fingerprint density at radius 3 is 2.20 bits per heavy atom. The van der Waals surface area contributed by atoms with Crippen LogP contribution in [0.2, 0.25) is 0 Å². The van der Waals surface area contributed by atoms with Crippen LogP contribution in [0.3, 0.4) is 0 Å². The van der Waals surface area contributed by atoms with Crippen LogP contribution >= 0.6 is 0 Å². The van der Waals surface area contributed by atoms with E-state index in [1.54, 1.807) is 0 Å². The predicted molar refractivity (Wildman–Crippen MR) is 84.6 cm³/mol. The van der Waals surface area contributed by atoms with Crippen LogP contribution in [0.25, 0.3) is 0 Å². The van der Waals surface area contributed by atoms with Crippen molar-refractivity contribution in [2.24, 2.45) is 0 Å². The smallest absolute Gasteiger partial charge is 0.225 e. The van der Waals surface area contributed by atoms with Gasteiger partial charge in [-0.1, -0.05) is 17.7 Å². The van der Waals surface area contributed by atoms with Crippen molar-refractivity contribution in [3.8, 4) is 0 Å². The van der Waals surface area contributed by atoms with E-state index in [2.05, 4.69) is 60.4 Å². The lowest BCUT2D eigenvalue weighted by atomic mass is 10.1. The molecule has 0 unspecified atom stereocenters. The van der Waals surface area contributed by atoms with Gasteiger partial charge >= 0.3 is 0 Å². The zero-order valence-electron chi connectivity index (χ0n) is 12.8. The Hall–Kier alpha value is -2.10. The van der Waals surface area contributed by atoms with E-state index >= 15 is 0 Å². The quantitative estimate of drug-likeness (QED) is 0.883. The summed E-state index contributed by atoms with van der Waals surface area (Å²) in [5.41, 5.74) is 3.14. The van der Waals surface area contributed by atoms with Crippen LogP contribution in [0.15, 0.2) is 30.3 Å². The van der Waals surface area contributed by atoms with Crippen LogP contribution in [0, 0.1) is 13.8 Å². The minimum absolute atomic E-state index is 0.0606. The molecule has 1 heterocycles. The minimum atomic E-state index is -0.0606. The fourth-order valence-corrected chi connectivity index (χ4v) is 1.81. The molecule has 106 valence electrons. The topological polar surface area (TPSA) is 49.8 Å². The molecule has 0 atom stereocenters. The lowest BCUT2D eigenvalue weighted by Gasteiger charge is -2.21. The highest BCUT2D eigenvalue weighted by Crippen LogP contribution is 2.18. The van der Waals surface area contributed by atoms with Crippen molar-refractivity contribution < 1.29 is 0 Å². The van der Waals surface area contributed by atoms with Gasteiger partial charge in [-0.05, 0) is 46.8 Å². The summed E-state index contributed by atoms with van der Waals surface area (Å²) in [5.74, 6) is 1.44. The zero-order chi connectivity index (χ0) is 14.8. The standard InChI is InChI=1S/C16H22N4/c1-11-6-8-13(9-7-11)18-14-10-12(2)17-15(19-14)20-16(3,4)5/h6-10H,1-5H3,(H2,17,18,19,20). The second-order valence-electron chi connectivity index (χ2n) is 6.08. The first-order chi connectivity index (χ1) is 9.32. The molecule has 2 aromatic rings. The third kappa shape index (κ3) is 4.23.